The monoisotopic (exact) mass is 350 g/mol. The van der Waals surface area contributed by atoms with Gasteiger partial charge in [0.25, 0.3) is 0 Å². The van der Waals surface area contributed by atoms with Crippen LogP contribution in [0.2, 0.25) is 0 Å². The number of benzene rings is 1. The zero-order valence-corrected chi connectivity index (χ0v) is 12.5. The van der Waals surface area contributed by atoms with Crippen LogP contribution in [-0.2, 0) is 5.67 Å². The van der Waals surface area contributed by atoms with Crippen molar-refractivity contribution in [3.05, 3.63) is 53.3 Å². The number of hydrogen-bond donors (Lipinski definition) is 0. The van der Waals surface area contributed by atoms with Crippen LogP contribution in [0.4, 0.5) is 30.7 Å². The van der Waals surface area contributed by atoms with Crippen LogP contribution in [0.25, 0.3) is 11.1 Å². The van der Waals surface area contributed by atoms with Gasteiger partial charge < -0.3 is 0 Å². The minimum Gasteiger partial charge on any atom is -0.264 e. The lowest BCUT2D eigenvalue weighted by Crippen LogP contribution is -2.50. The molecule has 1 aromatic heterocycles. The van der Waals surface area contributed by atoms with E-state index in [0.29, 0.717) is 6.07 Å². The molecule has 0 spiro atoms. The summed E-state index contributed by atoms with van der Waals surface area (Å²) in [4.78, 5) is 3.67. The van der Waals surface area contributed by atoms with Crippen molar-refractivity contribution in [1.82, 2.24) is 4.98 Å². The summed E-state index contributed by atoms with van der Waals surface area (Å²) in [5, 5.41) is 0. The molecule has 8 heteroatoms. The fourth-order valence-corrected chi connectivity index (χ4v) is 2.51. The Labute approximate surface area is 133 Å². The second kappa shape index (κ2) is 5.75. The van der Waals surface area contributed by atoms with Crippen LogP contribution < -0.4 is 0 Å². The van der Waals surface area contributed by atoms with E-state index >= 15 is 0 Å². The SMILES string of the molecule is Cc1[c]c(C)c(-c2cccnc2)c(C(F)(C(F)(F)F)C(F)(F)F)c1. The van der Waals surface area contributed by atoms with Gasteiger partial charge >= 0.3 is 18.0 Å². The highest BCUT2D eigenvalue weighted by atomic mass is 19.4. The first-order valence-electron chi connectivity index (χ1n) is 6.66. The molecule has 0 aliphatic heterocycles. The molecule has 0 fully saturated rings. The Morgan fingerprint density at radius 1 is 0.958 bits per heavy atom. The van der Waals surface area contributed by atoms with Crippen molar-refractivity contribution in [2.75, 3.05) is 0 Å². The lowest BCUT2D eigenvalue weighted by molar-refractivity contribution is -0.348. The van der Waals surface area contributed by atoms with Gasteiger partial charge in [-0.1, -0.05) is 12.1 Å². The molecule has 0 amide bonds. The normalized spacial score (nSPS) is 13.2. The first-order chi connectivity index (χ1) is 10.9. The summed E-state index contributed by atoms with van der Waals surface area (Å²) in [5.74, 6) is 0. The van der Waals surface area contributed by atoms with Gasteiger partial charge in [0.05, 0.1) is 0 Å². The number of pyridine rings is 1. The van der Waals surface area contributed by atoms with Gasteiger partial charge in [0.2, 0.25) is 0 Å². The molecule has 0 unspecified atom stereocenters. The molecule has 0 saturated carbocycles. The summed E-state index contributed by atoms with van der Waals surface area (Å²) in [6.07, 6.45) is -9.99. The van der Waals surface area contributed by atoms with E-state index in [1.807, 2.05) is 0 Å². The van der Waals surface area contributed by atoms with E-state index in [0.717, 1.165) is 6.20 Å². The van der Waals surface area contributed by atoms with E-state index in [1.54, 1.807) is 0 Å². The zero-order chi connectivity index (χ0) is 18.3. The molecular weight excluding hydrogens is 339 g/mol. The summed E-state index contributed by atoms with van der Waals surface area (Å²) in [6, 6.07) is 5.74. The molecule has 2 rings (SSSR count). The van der Waals surface area contributed by atoms with Gasteiger partial charge in [0.1, 0.15) is 0 Å². The first kappa shape index (κ1) is 18.2. The summed E-state index contributed by atoms with van der Waals surface area (Å²) >= 11 is 0. The van der Waals surface area contributed by atoms with Crippen LogP contribution in [0.1, 0.15) is 16.7 Å². The third-order valence-corrected chi connectivity index (χ3v) is 3.49. The van der Waals surface area contributed by atoms with Crippen LogP contribution in [0.5, 0.6) is 0 Å². The summed E-state index contributed by atoms with van der Waals surface area (Å²) in [6.45, 7) is 2.52. The second-order valence-corrected chi connectivity index (χ2v) is 5.26. The second-order valence-electron chi connectivity index (χ2n) is 5.26. The van der Waals surface area contributed by atoms with E-state index in [1.165, 1.54) is 32.2 Å². The first-order valence-corrected chi connectivity index (χ1v) is 6.66. The molecule has 1 radical (unpaired) electrons. The lowest BCUT2D eigenvalue weighted by Gasteiger charge is -2.32. The summed E-state index contributed by atoms with van der Waals surface area (Å²) in [7, 11) is 0. The molecule has 0 bridgehead atoms. The highest BCUT2D eigenvalue weighted by Crippen LogP contribution is 2.55. The van der Waals surface area contributed by atoms with E-state index < -0.39 is 29.1 Å². The number of halogens is 7. The summed E-state index contributed by atoms with van der Waals surface area (Å²) in [5.41, 5.74) is -7.67. The van der Waals surface area contributed by atoms with Crippen molar-refractivity contribution in [3.8, 4) is 11.1 Å². The topological polar surface area (TPSA) is 12.9 Å². The van der Waals surface area contributed by atoms with Gasteiger partial charge in [-0.2, -0.15) is 26.3 Å². The average molecular weight is 350 g/mol. The molecule has 24 heavy (non-hydrogen) atoms. The van der Waals surface area contributed by atoms with E-state index in [2.05, 4.69) is 11.1 Å². The van der Waals surface area contributed by atoms with Crippen molar-refractivity contribution < 1.29 is 30.7 Å². The maximum absolute atomic E-state index is 14.6. The fourth-order valence-electron chi connectivity index (χ4n) is 2.51. The predicted octanol–water partition coefficient (Wildman–Crippen LogP) is 5.46. The molecule has 1 nitrogen and oxygen atoms in total. The Bertz CT molecular complexity index is 719. The smallest absolute Gasteiger partial charge is 0.264 e. The highest BCUT2D eigenvalue weighted by molar-refractivity contribution is 5.72. The number of hydrogen-bond acceptors (Lipinski definition) is 1. The molecule has 1 heterocycles. The largest absolute Gasteiger partial charge is 0.435 e. The van der Waals surface area contributed by atoms with E-state index in [4.69, 9.17) is 0 Å². The van der Waals surface area contributed by atoms with E-state index in [-0.39, 0.29) is 16.7 Å². The quantitative estimate of drug-likeness (QED) is 0.656. The third kappa shape index (κ3) is 2.85. The predicted molar refractivity (Wildman–Crippen MR) is 72.9 cm³/mol. The molecule has 2 aromatic rings. The molecule has 0 saturated heterocycles. The zero-order valence-electron chi connectivity index (χ0n) is 12.5. The van der Waals surface area contributed by atoms with Gasteiger partial charge in [-0.25, -0.2) is 4.39 Å². The Morgan fingerprint density at radius 3 is 2.00 bits per heavy atom. The van der Waals surface area contributed by atoms with Crippen LogP contribution in [0.3, 0.4) is 0 Å². The van der Waals surface area contributed by atoms with E-state index in [9.17, 15) is 30.7 Å². The number of nitrogens with zero attached hydrogens (tertiary/aromatic N) is 1. The number of aryl methyl sites for hydroxylation is 2. The van der Waals surface area contributed by atoms with Crippen LogP contribution in [0, 0.1) is 19.9 Å². The fraction of sp³-hybridized carbons (Fsp3) is 0.312. The van der Waals surface area contributed by atoms with Crippen LogP contribution in [-0.4, -0.2) is 17.3 Å². The minimum absolute atomic E-state index is 0.0338. The standard InChI is InChI=1S/C16H11F7N/c1-9-6-10(2)13(11-4-3-5-24-8-11)12(7-9)14(17,15(18,19)20)16(21,22)23/h3-5,7-8H,1-2H3. The van der Waals surface area contributed by atoms with Gasteiger partial charge in [0, 0.05) is 23.5 Å². The highest BCUT2D eigenvalue weighted by Gasteiger charge is 2.74. The van der Waals surface area contributed by atoms with Crippen molar-refractivity contribution in [2.45, 2.75) is 31.9 Å². The Hall–Kier alpha value is -2.12. The molecular formula is C16H11F7N. The summed E-state index contributed by atoms with van der Waals surface area (Å²) < 4.78 is 93.3. The van der Waals surface area contributed by atoms with Crippen LogP contribution in [0.15, 0.2) is 30.6 Å². The maximum Gasteiger partial charge on any atom is 0.435 e. The molecule has 1 aromatic carbocycles. The average Bonchev–Trinajstić information content (AvgIpc) is 2.44. The lowest BCUT2D eigenvalue weighted by atomic mass is 9.84. The van der Waals surface area contributed by atoms with Gasteiger partial charge in [-0.3, -0.25) is 4.98 Å². The van der Waals surface area contributed by atoms with Crippen molar-refractivity contribution in [3.63, 3.8) is 0 Å². The molecule has 0 N–H and O–H groups in total. The Balaban J connectivity index is 2.92. The van der Waals surface area contributed by atoms with Gasteiger partial charge in [-0.05, 0) is 42.7 Å². The van der Waals surface area contributed by atoms with Crippen molar-refractivity contribution >= 4 is 0 Å². The van der Waals surface area contributed by atoms with Gasteiger partial charge in [0.15, 0.2) is 0 Å². The molecule has 0 aliphatic rings. The molecule has 0 aliphatic carbocycles. The van der Waals surface area contributed by atoms with Crippen molar-refractivity contribution in [1.29, 1.82) is 0 Å². The maximum atomic E-state index is 14.6. The Morgan fingerprint density at radius 2 is 1.54 bits per heavy atom. The van der Waals surface area contributed by atoms with Crippen LogP contribution >= 0.6 is 0 Å². The number of rotatable bonds is 2. The minimum atomic E-state index is -6.18. The molecule has 129 valence electrons. The van der Waals surface area contributed by atoms with Crippen molar-refractivity contribution in [2.24, 2.45) is 0 Å². The molecule has 0 atom stereocenters. The number of aromatic nitrogens is 1. The third-order valence-electron chi connectivity index (χ3n) is 3.49. The van der Waals surface area contributed by atoms with Gasteiger partial charge in [-0.15, -0.1) is 0 Å². The Kier molecular flexibility index (Phi) is 4.37. The number of alkyl halides is 7.